The molecular weight excluding hydrogens is 484 g/mol. The molecule has 0 saturated heterocycles. The first-order valence-corrected chi connectivity index (χ1v) is 12.8. The summed E-state index contributed by atoms with van der Waals surface area (Å²) >= 11 is 0. The van der Waals surface area contributed by atoms with Gasteiger partial charge in [-0.1, -0.05) is 49.4 Å². The molecule has 0 heterocycles. The summed E-state index contributed by atoms with van der Waals surface area (Å²) in [7, 11) is -4.35. The quantitative estimate of drug-likeness (QED) is 0.333. The van der Waals surface area contributed by atoms with Gasteiger partial charge in [-0.05, 0) is 35.4 Å². The van der Waals surface area contributed by atoms with Crippen molar-refractivity contribution in [3.63, 3.8) is 0 Å². The van der Waals surface area contributed by atoms with E-state index in [1.165, 1.54) is 25.1 Å². The normalized spacial score (nSPS) is 14.0. The van der Waals surface area contributed by atoms with E-state index < -0.39 is 34.6 Å². The third-order valence-corrected chi connectivity index (χ3v) is 7.28. The summed E-state index contributed by atoms with van der Waals surface area (Å²) in [6.07, 6.45) is -0.987. The van der Waals surface area contributed by atoms with E-state index in [-0.39, 0.29) is 28.8 Å². The molecule has 0 radical (unpaired) electrons. The van der Waals surface area contributed by atoms with Crippen molar-refractivity contribution in [2.75, 3.05) is 5.32 Å². The Hall–Kier alpha value is -3.76. The van der Waals surface area contributed by atoms with Gasteiger partial charge in [0.1, 0.15) is 23.0 Å². The van der Waals surface area contributed by atoms with Gasteiger partial charge in [0.2, 0.25) is 15.9 Å². The Balaban J connectivity index is 1.98. The molecule has 3 atom stereocenters. The minimum absolute atomic E-state index is 0.0479. The largest absolute Gasteiger partial charge is 0.489 e. The number of nitrogens with one attached hydrogen (secondary N) is 2. The van der Waals surface area contributed by atoms with Gasteiger partial charge in [0, 0.05) is 24.6 Å². The van der Waals surface area contributed by atoms with Crippen molar-refractivity contribution in [3.8, 4) is 5.75 Å². The SMILES string of the molecule is CC(=O)Nc1ccc(S(=O)(=O)NC(C=O)CC(=O)O)c(O[C@H](C)[C@@H](C)c2cccc3ccccc23)c1. The summed E-state index contributed by atoms with van der Waals surface area (Å²) < 4.78 is 34.5. The standard InChI is InChI=1S/C26H28N2O7S/c1-16(22-10-6-8-19-7-4-5-9-23(19)22)17(2)35-24-13-20(27-18(3)30)11-12-25(24)36(33,34)28-21(15-29)14-26(31)32/h4-13,15-17,21,28H,14H2,1-3H3,(H,27,30)(H,31,32)/t16-,17-,21?/m1/s1. The molecule has 10 heteroatoms. The van der Waals surface area contributed by atoms with Gasteiger partial charge >= 0.3 is 5.97 Å². The fraction of sp³-hybridized carbons (Fsp3) is 0.269. The molecule has 0 bridgehead atoms. The number of benzene rings is 3. The van der Waals surface area contributed by atoms with Crippen LogP contribution in [0.15, 0.2) is 65.6 Å². The van der Waals surface area contributed by atoms with Crippen LogP contribution in [0.25, 0.3) is 10.8 Å². The molecule has 0 aromatic heterocycles. The first-order valence-electron chi connectivity index (χ1n) is 11.3. The molecule has 1 unspecified atom stereocenters. The average molecular weight is 513 g/mol. The van der Waals surface area contributed by atoms with Gasteiger partial charge in [-0.2, -0.15) is 0 Å². The lowest BCUT2D eigenvalue weighted by Crippen LogP contribution is -2.38. The Morgan fingerprint density at radius 3 is 2.42 bits per heavy atom. The maximum atomic E-state index is 13.1. The van der Waals surface area contributed by atoms with Gasteiger partial charge in [-0.3, -0.25) is 9.59 Å². The molecule has 3 N–H and O–H groups in total. The van der Waals surface area contributed by atoms with E-state index in [1.807, 2.05) is 49.4 Å². The summed E-state index contributed by atoms with van der Waals surface area (Å²) in [5.74, 6) is -1.88. The van der Waals surface area contributed by atoms with Gasteiger partial charge in [0.05, 0.1) is 12.5 Å². The van der Waals surface area contributed by atoms with Crippen LogP contribution in [-0.4, -0.2) is 43.8 Å². The van der Waals surface area contributed by atoms with Crippen molar-refractivity contribution in [2.45, 2.75) is 50.2 Å². The molecule has 3 aromatic rings. The number of hydrogen-bond donors (Lipinski definition) is 3. The number of hydrogen-bond acceptors (Lipinski definition) is 6. The van der Waals surface area contributed by atoms with Crippen LogP contribution in [0.3, 0.4) is 0 Å². The maximum absolute atomic E-state index is 13.1. The molecule has 0 aliphatic heterocycles. The predicted molar refractivity (Wildman–Crippen MR) is 136 cm³/mol. The van der Waals surface area contributed by atoms with Gasteiger partial charge in [0.15, 0.2) is 0 Å². The highest BCUT2D eigenvalue weighted by atomic mass is 32.2. The fourth-order valence-corrected chi connectivity index (χ4v) is 5.16. The Kier molecular flexibility index (Phi) is 8.44. The fourth-order valence-electron chi connectivity index (χ4n) is 3.87. The van der Waals surface area contributed by atoms with Crippen molar-refractivity contribution in [1.29, 1.82) is 0 Å². The number of ether oxygens (including phenoxy) is 1. The molecule has 3 rings (SSSR count). The molecule has 36 heavy (non-hydrogen) atoms. The van der Waals surface area contributed by atoms with Crippen molar-refractivity contribution >= 4 is 44.6 Å². The second kappa shape index (κ2) is 11.3. The third kappa shape index (κ3) is 6.46. The van der Waals surface area contributed by atoms with E-state index >= 15 is 0 Å². The van der Waals surface area contributed by atoms with Crippen molar-refractivity contribution in [2.24, 2.45) is 0 Å². The molecule has 1 amide bonds. The highest BCUT2D eigenvalue weighted by molar-refractivity contribution is 7.89. The van der Waals surface area contributed by atoms with Crippen LogP contribution in [-0.2, 0) is 24.4 Å². The lowest BCUT2D eigenvalue weighted by atomic mass is 9.91. The van der Waals surface area contributed by atoms with E-state index in [1.54, 1.807) is 6.92 Å². The molecule has 0 aliphatic rings. The Morgan fingerprint density at radius 1 is 1.06 bits per heavy atom. The number of amides is 1. The van der Waals surface area contributed by atoms with E-state index in [4.69, 9.17) is 9.84 Å². The maximum Gasteiger partial charge on any atom is 0.305 e. The molecule has 3 aromatic carbocycles. The van der Waals surface area contributed by atoms with Gasteiger partial charge in [-0.15, -0.1) is 0 Å². The van der Waals surface area contributed by atoms with Crippen LogP contribution in [0.4, 0.5) is 5.69 Å². The summed E-state index contributed by atoms with van der Waals surface area (Å²) in [6, 6.07) is 16.4. The summed E-state index contributed by atoms with van der Waals surface area (Å²) in [5.41, 5.74) is 1.34. The van der Waals surface area contributed by atoms with Crippen molar-refractivity contribution < 1.29 is 32.6 Å². The number of carbonyl (C=O) groups excluding carboxylic acids is 2. The van der Waals surface area contributed by atoms with Gasteiger partial charge in [0.25, 0.3) is 0 Å². The average Bonchev–Trinajstić information content (AvgIpc) is 2.81. The van der Waals surface area contributed by atoms with Crippen molar-refractivity contribution in [3.05, 3.63) is 66.2 Å². The Labute approximate surface area is 209 Å². The molecule has 9 nitrogen and oxygen atoms in total. The first kappa shape index (κ1) is 26.8. The van der Waals surface area contributed by atoms with Crippen LogP contribution in [0, 0.1) is 0 Å². The number of carbonyl (C=O) groups is 3. The molecule has 0 saturated carbocycles. The summed E-state index contributed by atoms with van der Waals surface area (Å²) in [4.78, 5) is 33.5. The van der Waals surface area contributed by atoms with E-state index in [2.05, 4.69) is 10.0 Å². The Morgan fingerprint density at radius 2 is 1.75 bits per heavy atom. The number of sulfonamides is 1. The topological polar surface area (TPSA) is 139 Å². The number of anilines is 1. The molecule has 0 spiro atoms. The monoisotopic (exact) mass is 512 g/mol. The second-order valence-electron chi connectivity index (χ2n) is 8.48. The lowest BCUT2D eigenvalue weighted by Gasteiger charge is -2.25. The van der Waals surface area contributed by atoms with E-state index in [0.29, 0.717) is 5.69 Å². The number of aliphatic carboxylic acids is 1. The third-order valence-electron chi connectivity index (χ3n) is 5.75. The zero-order valence-electron chi connectivity index (χ0n) is 20.1. The second-order valence-corrected chi connectivity index (χ2v) is 10.2. The smallest absolute Gasteiger partial charge is 0.305 e. The van der Waals surface area contributed by atoms with E-state index in [0.717, 1.165) is 16.3 Å². The summed E-state index contributed by atoms with van der Waals surface area (Å²) in [6.45, 7) is 5.09. The molecular formula is C26H28N2O7S. The number of rotatable bonds is 11. The highest BCUT2D eigenvalue weighted by Gasteiger charge is 2.27. The number of aldehydes is 1. The van der Waals surface area contributed by atoms with Gasteiger partial charge in [-0.25, -0.2) is 13.1 Å². The molecule has 0 aliphatic carbocycles. The molecule has 190 valence electrons. The van der Waals surface area contributed by atoms with Crippen LogP contribution in [0.5, 0.6) is 5.75 Å². The zero-order chi connectivity index (χ0) is 26.5. The van der Waals surface area contributed by atoms with E-state index in [9.17, 15) is 22.8 Å². The first-order chi connectivity index (χ1) is 17.0. The predicted octanol–water partition coefficient (Wildman–Crippen LogP) is 3.69. The van der Waals surface area contributed by atoms with Crippen LogP contribution < -0.4 is 14.8 Å². The van der Waals surface area contributed by atoms with Gasteiger partial charge < -0.3 is 20.0 Å². The molecule has 0 fully saturated rings. The Bertz CT molecular complexity index is 1380. The van der Waals surface area contributed by atoms with Crippen molar-refractivity contribution in [1.82, 2.24) is 4.72 Å². The number of carboxylic acid groups (broad SMARTS) is 1. The number of fused-ring (bicyclic) bond motifs is 1. The lowest BCUT2D eigenvalue weighted by molar-refractivity contribution is -0.138. The summed E-state index contributed by atoms with van der Waals surface area (Å²) in [5, 5.41) is 13.7. The zero-order valence-corrected chi connectivity index (χ0v) is 20.9. The van der Waals surface area contributed by atoms with Crippen LogP contribution in [0.2, 0.25) is 0 Å². The van der Waals surface area contributed by atoms with Crippen LogP contribution >= 0.6 is 0 Å². The van der Waals surface area contributed by atoms with Crippen LogP contribution in [0.1, 0.15) is 38.7 Å². The highest BCUT2D eigenvalue weighted by Crippen LogP contribution is 2.33. The minimum atomic E-state index is -4.35. The minimum Gasteiger partial charge on any atom is -0.489 e. The number of carboxylic acids is 1.